The van der Waals surface area contributed by atoms with E-state index < -0.39 is 17.6 Å². The molecule has 1 fully saturated rings. The second kappa shape index (κ2) is 7.38. The fourth-order valence-corrected chi connectivity index (χ4v) is 2.84. The summed E-state index contributed by atoms with van der Waals surface area (Å²) in [6.07, 6.45) is 7.25. The van der Waals surface area contributed by atoms with Crippen molar-refractivity contribution in [3.63, 3.8) is 0 Å². The van der Waals surface area contributed by atoms with Gasteiger partial charge in [-0.15, -0.1) is 0 Å². The normalized spacial score (nSPS) is 15.8. The molecular weight excluding hydrogens is 276 g/mol. The van der Waals surface area contributed by atoms with Gasteiger partial charge < -0.3 is 10.1 Å². The molecule has 1 aromatic carbocycles. The number of nitrogens with one attached hydrogen (secondary N) is 1. The van der Waals surface area contributed by atoms with Crippen molar-refractivity contribution in [1.82, 2.24) is 0 Å². The number of esters is 1. The van der Waals surface area contributed by atoms with Gasteiger partial charge in [-0.25, -0.2) is 13.6 Å². The Morgan fingerprint density at radius 2 is 1.95 bits per heavy atom. The molecule has 0 heterocycles. The first-order valence-electron chi connectivity index (χ1n) is 7.43. The number of anilines is 1. The first kappa shape index (κ1) is 15.7. The highest BCUT2D eigenvalue weighted by Crippen LogP contribution is 2.27. The quantitative estimate of drug-likeness (QED) is 0.830. The Morgan fingerprint density at radius 1 is 1.24 bits per heavy atom. The maximum Gasteiger partial charge on any atom is 0.340 e. The molecule has 0 amide bonds. The van der Waals surface area contributed by atoms with Crippen LogP contribution in [0.4, 0.5) is 14.5 Å². The summed E-state index contributed by atoms with van der Waals surface area (Å²) in [5.41, 5.74) is -0.105. The van der Waals surface area contributed by atoms with Gasteiger partial charge >= 0.3 is 5.97 Å². The minimum atomic E-state index is -0.905. The molecule has 0 aliphatic heterocycles. The molecule has 0 aromatic heterocycles. The Kier molecular flexibility index (Phi) is 5.53. The van der Waals surface area contributed by atoms with Crippen LogP contribution >= 0.6 is 0 Å². The standard InChI is InChI=1S/C16H21F2NO2/c1-21-16(20)12-9-15(14(18)10-13(12)17)19-8-7-11-5-3-2-4-6-11/h9-11,19H,2-8H2,1H3. The molecule has 2 rings (SSSR count). The minimum Gasteiger partial charge on any atom is -0.465 e. The number of hydrogen-bond donors (Lipinski definition) is 1. The van der Waals surface area contributed by atoms with Gasteiger partial charge in [-0.2, -0.15) is 0 Å². The molecule has 0 spiro atoms. The summed E-state index contributed by atoms with van der Waals surface area (Å²) in [4.78, 5) is 11.4. The molecule has 3 nitrogen and oxygen atoms in total. The SMILES string of the molecule is COC(=O)c1cc(NCCC2CCCCC2)c(F)cc1F. The van der Waals surface area contributed by atoms with Crippen LogP contribution in [0, 0.1) is 17.6 Å². The monoisotopic (exact) mass is 297 g/mol. The first-order chi connectivity index (χ1) is 10.1. The zero-order valence-corrected chi connectivity index (χ0v) is 12.3. The van der Waals surface area contributed by atoms with Crippen molar-refractivity contribution in [3.05, 3.63) is 29.3 Å². The lowest BCUT2D eigenvalue weighted by Gasteiger charge is -2.21. The summed E-state index contributed by atoms with van der Waals surface area (Å²) in [7, 11) is 1.17. The Bertz CT molecular complexity index is 499. The van der Waals surface area contributed by atoms with Crippen molar-refractivity contribution in [2.45, 2.75) is 38.5 Å². The van der Waals surface area contributed by atoms with Crippen LogP contribution in [0.25, 0.3) is 0 Å². The number of hydrogen-bond acceptors (Lipinski definition) is 3. The molecule has 0 bridgehead atoms. The Morgan fingerprint density at radius 3 is 2.62 bits per heavy atom. The number of carbonyl (C=O) groups excluding carboxylic acids is 1. The van der Waals surface area contributed by atoms with E-state index in [1.165, 1.54) is 45.3 Å². The zero-order valence-electron chi connectivity index (χ0n) is 12.3. The number of ether oxygens (including phenoxy) is 1. The van der Waals surface area contributed by atoms with Gasteiger partial charge in [0.05, 0.1) is 18.4 Å². The number of halogens is 2. The van der Waals surface area contributed by atoms with Gasteiger partial charge in [-0.3, -0.25) is 0 Å². The van der Waals surface area contributed by atoms with Crippen LogP contribution in [0.1, 0.15) is 48.9 Å². The average molecular weight is 297 g/mol. The summed E-state index contributed by atoms with van der Waals surface area (Å²) in [5.74, 6) is -1.72. The van der Waals surface area contributed by atoms with Gasteiger partial charge in [0, 0.05) is 12.6 Å². The van der Waals surface area contributed by atoms with E-state index in [-0.39, 0.29) is 11.3 Å². The van der Waals surface area contributed by atoms with Crippen molar-refractivity contribution in [2.24, 2.45) is 5.92 Å². The van der Waals surface area contributed by atoms with Crippen molar-refractivity contribution in [3.8, 4) is 0 Å². The predicted octanol–water partition coefficient (Wildman–Crippen LogP) is 4.13. The molecule has 116 valence electrons. The maximum absolute atomic E-state index is 13.7. The molecule has 1 saturated carbocycles. The molecule has 0 atom stereocenters. The molecule has 5 heteroatoms. The highest BCUT2D eigenvalue weighted by Gasteiger charge is 2.17. The van der Waals surface area contributed by atoms with Gasteiger partial charge in [-0.1, -0.05) is 32.1 Å². The predicted molar refractivity (Wildman–Crippen MR) is 77.4 cm³/mol. The van der Waals surface area contributed by atoms with Crippen molar-refractivity contribution >= 4 is 11.7 Å². The molecule has 0 unspecified atom stereocenters. The van der Waals surface area contributed by atoms with Gasteiger partial charge in [0.2, 0.25) is 0 Å². The maximum atomic E-state index is 13.7. The van der Waals surface area contributed by atoms with Gasteiger partial charge in [0.1, 0.15) is 11.6 Å². The summed E-state index contributed by atoms with van der Waals surface area (Å²) in [6.45, 7) is 0.619. The summed E-state index contributed by atoms with van der Waals surface area (Å²) in [5, 5.41) is 2.96. The van der Waals surface area contributed by atoms with Crippen LogP contribution in [0.5, 0.6) is 0 Å². The lowest BCUT2D eigenvalue weighted by atomic mass is 9.87. The van der Waals surface area contributed by atoms with Gasteiger partial charge in [-0.05, 0) is 18.4 Å². The summed E-state index contributed by atoms with van der Waals surface area (Å²) < 4.78 is 31.7. The van der Waals surface area contributed by atoms with Gasteiger partial charge in [0.15, 0.2) is 0 Å². The molecule has 1 aromatic rings. The van der Waals surface area contributed by atoms with E-state index in [1.54, 1.807) is 0 Å². The fraction of sp³-hybridized carbons (Fsp3) is 0.562. The lowest BCUT2D eigenvalue weighted by molar-refractivity contribution is 0.0595. The van der Waals surface area contributed by atoms with E-state index in [4.69, 9.17) is 0 Å². The van der Waals surface area contributed by atoms with Crippen LogP contribution in [0.3, 0.4) is 0 Å². The lowest BCUT2D eigenvalue weighted by Crippen LogP contribution is -2.13. The Labute approximate surface area is 123 Å². The molecule has 21 heavy (non-hydrogen) atoms. The second-order valence-electron chi connectivity index (χ2n) is 5.52. The highest BCUT2D eigenvalue weighted by molar-refractivity contribution is 5.90. The van der Waals surface area contributed by atoms with E-state index in [1.807, 2.05) is 0 Å². The van der Waals surface area contributed by atoms with E-state index >= 15 is 0 Å². The van der Waals surface area contributed by atoms with Crippen molar-refractivity contribution < 1.29 is 18.3 Å². The number of benzene rings is 1. The summed E-state index contributed by atoms with van der Waals surface area (Å²) >= 11 is 0. The van der Waals surface area contributed by atoms with Crippen LogP contribution in [-0.2, 0) is 4.74 Å². The third-order valence-corrected chi connectivity index (χ3v) is 4.05. The fourth-order valence-electron chi connectivity index (χ4n) is 2.84. The molecule has 1 N–H and O–H groups in total. The van der Waals surface area contributed by atoms with E-state index in [0.717, 1.165) is 12.5 Å². The van der Waals surface area contributed by atoms with Crippen LogP contribution in [-0.4, -0.2) is 19.6 Å². The second-order valence-corrected chi connectivity index (χ2v) is 5.52. The van der Waals surface area contributed by atoms with E-state index in [0.29, 0.717) is 12.5 Å². The number of rotatable bonds is 5. The summed E-state index contributed by atoms with van der Waals surface area (Å²) in [6, 6.07) is 1.90. The van der Waals surface area contributed by atoms with Gasteiger partial charge in [0.25, 0.3) is 0 Å². The van der Waals surface area contributed by atoms with Crippen LogP contribution in [0.2, 0.25) is 0 Å². The Balaban J connectivity index is 1.97. The van der Waals surface area contributed by atoms with Crippen LogP contribution < -0.4 is 5.32 Å². The molecule has 1 aliphatic rings. The highest BCUT2D eigenvalue weighted by atomic mass is 19.1. The number of carbonyl (C=O) groups is 1. The zero-order chi connectivity index (χ0) is 15.2. The average Bonchev–Trinajstić information content (AvgIpc) is 2.49. The molecule has 0 radical (unpaired) electrons. The van der Waals surface area contributed by atoms with E-state index in [9.17, 15) is 13.6 Å². The minimum absolute atomic E-state index is 0.146. The molecule has 1 aliphatic carbocycles. The first-order valence-corrected chi connectivity index (χ1v) is 7.43. The third-order valence-electron chi connectivity index (χ3n) is 4.05. The molecule has 0 saturated heterocycles. The topological polar surface area (TPSA) is 38.3 Å². The van der Waals surface area contributed by atoms with Crippen molar-refractivity contribution in [2.75, 3.05) is 19.0 Å². The molecular formula is C16H21F2NO2. The van der Waals surface area contributed by atoms with Crippen molar-refractivity contribution in [1.29, 1.82) is 0 Å². The van der Waals surface area contributed by atoms with Crippen LogP contribution in [0.15, 0.2) is 12.1 Å². The van der Waals surface area contributed by atoms with E-state index in [2.05, 4.69) is 10.1 Å². The Hall–Kier alpha value is -1.65. The third kappa shape index (κ3) is 4.16. The largest absolute Gasteiger partial charge is 0.465 e. The number of methoxy groups -OCH3 is 1. The smallest absolute Gasteiger partial charge is 0.340 e.